The minimum absolute atomic E-state index is 0.0969. The maximum Gasteiger partial charge on any atom is 0.241 e. The highest BCUT2D eigenvalue weighted by molar-refractivity contribution is 9.10. The molecule has 1 heterocycles. The van der Waals surface area contributed by atoms with Crippen LogP contribution in [0.5, 0.6) is 0 Å². The Morgan fingerprint density at radius 2 is 2.19 bits per heavy atom. The number of aliphatic hydroxyl groups excluding tert-OH is 1. The zero-order valence-electron chi connectivity index (χ0n) is 11.2. The molecule has 2 N–H and O–H groups in total. The van der Waals surface area contributed by atoms with E-state index >= 15 is 0 Å². The van der Waals surface area contributed by atoms with Gasteiger partial charge in [-0.1, -0.05) is 11.2 Å². The zero-order chi connectivity index (χ0) is 15.5. The highest BCUT2D eigenvalue weighted by Crippen LogP contribution is 2.27. The number of hydrogen-bond acceptors (Lipinski definition) is 6. The number of aliphatic hydroxyl groups is 1. The van der Waals surface area contributed by atoms with Gasteiger partial charge in [-0.05, 0) is 40.0 Å². The fourth-order valence-corrected chi connectivity index (χ4v) is 3.87. The average molecular weight is 376 g/mol. The van der Waals surface area contributed by atoms with Crippen LogP contribution in [-0.4, -0.2) is 30.2 Å². The molecule has 0 saturated heterocycles. The number of hydrogen-bond donors (Lipinski definition) is 2. The second kappa shape index (κ2) is 6.65. The molecule has 1 aromatic heterocycles. The number of benzene rings is 1. The summed E-state index contributed by atoms with van der Waals surface area (Å²) < 4.78 is 32.2. The van der Waals surface area contributed by atoms with E-state index in [9.17, 15) is 13.5 Å². The first kappa shape index (κ1) is 16.1. The van der Waals surface area contributed by atoms with Gasteiger partial charge in [0.05, 0.1) is 11.5 Å². The predicted molar refractivity (Wildman–Crippen MR) is 78.0 cm³/mol. The van der Waals surface area contributed by atoms with Crippen LogP contribution in [0.15, 0.2) is 32.4 Å². The Kier molecular flexibility index (Phi) is 5.09. The fraction of sp³-hybridized carbons (Fsp3) is 0.333. The third-order valence-corrected chi connectivity index (χ3v) is 5.60. The Balaban J connectivity index is 2.17. The van der Waals surface area contributed by atoms with Gasteiger partial charge in [-0.2, -0.15) is 4.98 Å². The van der Waals surface area contributed by atoms with Crippen molar-refractivity contribution in [3.63, 3.8) is 0 Å². The molecule has 0 spiro atoms. The van der Waals surface area contributed by atoms with Crippen molar-refractivity contribution in [2.24, 2.45) is 0 Å². The van der Waals surface area contributed by atoms with Gasteiger partial charge in [0.1, 0.15) is 0 Å². The van der Waals surface area contributed by atoms with E-state index in [2.05, 4.69) is 35.3 Å². The molecule has 0 unspecified atom stereocenters. The summed E-state index contributed by atoms with van der Waals surface area (Å²) in [6.45, 7) is 1.69. The topological polar surface area (TPSA) is 105 Å². The molecule has 7 nitrogen and oxygen atoms in total. The smallest absolute Gasteiger partial charge is 0.241 e. The van der Waals surface area contributed by atoms with Gasteiger partial charge >= 0.3 is 0 Å². The number of nitrogens with zero attached hydrogens (tertiary/aromatic N) is 2. The lowest BCUT2D eigenvalue weighted by Crippen LogP contribution is -2.27. The molecule has 0 aliphatic rings. The Morgan fingerprint density at radius 3 is 2.81 bits per heavy atom. The van der Waals surface area contributed by atoms with Crippen LogP contribution in [-0.2, 0) is 23.1 Å². The van der Waals surface area contributed by atoms with Gasteiger partial charge in [0.15, 0.2) is 5.82 Å². The van der Waals surface area contributed by atoms with Crippen molar-refractivity contribution in [1.82, 2.24) is 14.9 Å². The SMILES string of the molecule is Cc1cc(CO)cc(S(=O)(=O)NCCc2ncon2)c1Br. The van der Waals surface area contributed by atoms with Crippen LogP contribution in [0.4, 0.5) is 0 Å². The van der Waals surface area contributed by atoms with E-state index in [1.54, 1.807) is 13.0 Å². The summed E-state index contributed by atoms with van der Waals surface area (Å²) >= 11 is 3.27. The van der Waals surface area contributed by atoms with E-state index in [0.717, 1.165) is 5.56 Å². The minimum Gasteiger partial charge on any atom is -0.392 e. The summed E-state index contributed by atoms with van der Waals surface area (Å²) in [6.07, 6.45) is 1.51. The molecule has 0 bridgehead atoms. The maximum atomic E-state index is 12.3. The molecule has 0 radical (unpaired) electrons. The fourth-order valence-electron chi connectivity index (χ4n) is 1.77. The van der Waals surface area contributed by atoms with E-state index in [-0.39, 0.29) is 18.0 Å². The highest BCUT2D eigenvalue weighted by Gasteiger charge is 2.19. The van der Waals surface area contributed by atoms with Crippen LogP contribution < -0.4 is 4.72 Å². The Labute approximate surface area is 130 Å². The van der Waals surface area contributed by atoms with Gasteiger partial charge < -0.3 is 9.63 Å². The summed E-state index contributed by atoms with van der Waals surface area (Å²) in [7, 11) is -3.69. The van der Waals surface area contributed by atoms with Gasteiger partial charge in [0.2, 0.25) is 16.4 Å². The average Bonchev–Trinajstić information content (AvgIpc) is 2.94. The Morgan fingerprint density at radius 1 is 1.43 bits per heavy atom. The summed E-state index contributed by atoms with van der Waals surface area (Å²) in [5, 5.41) is 12.8. The number of rotatable bonds is 6. The molecule has 0 saturated carbocycles. The van der Waals surface area contributed by atoms with Gasteiger partial charge in [0, 0.05) is 17.4 Å². The zero-order valence-corrected chi connectivity index (χ0v) is 13.6. The molecular formula is C12H14BrN3O4S. The lowest BCUT2D eigenvalue weighted by Gasteiger charge is -2.11. The van der Waals surface area contributed by atoms with Crippen molar-refractivity contribution in [1.29, 1.82) is 0 Å². The Bertz CT molecular complexity index is 716. The van der Waals surface area contributed by atoms with Crippen LogP contribution in [0, 0.1) is 6.92 Å². The molecule has 2 aromatic rings. The van der Waals surface area contributed by atoms with E-state index in [1.807, 2.05) is 0 Å². The number of halogens is 1. The number of nitrogens with one attached hydrogen (secondary N) is 1. The lowest BCUT2D eigenvalue weighted by atomic mass is 10.1. The molecule has 2 rings (SSSR count). The highest BCUT2D eigenvalue weighted by atomic mass is 79.9. The quantitative estimate of drug-likeness (QED) is 0.784. The van der Waals surface area contributed by atoms with Crippen molar-refractivity contribution < 1.29 is 18.0 Å². The third kappa shape index (κ3) is 3.88. The molecule has 0 atom stereocenters. The number of aromatic nitrogens is 2. The van der Waals surface area contributed by atoms with Crippen molar-refractivity contribution in [3.8, 4) is 0 Å². The molecular weight excluding hydrogens is 362 g/mol. The van der Waals surface area contributed by atoms with Gasteiger partial charge in [-0.15, -0.1) is 0 Å². The van der Waals surface area contributed by atoms with Crippen LogP contribution >= 0.6 is 15.9 Å². The summed E-state index contributed by atoms with van der Waals surface area (Å²) in [5.74, 6) is 0.428. The second-order valence-electron chi connectivity index (χ2n) is 4.38. The molecule has 0 aliphatic carbocycles. The molecule has 114 valence electrons. The third-order valence-electron chi connectivity index (χ3n) is 2.80. The van der Waals surface area contributed by atoms with Crippen molar-refractivity contribution in [3.05, 3.63) is 40.0 Å². The molecule has 21 heavy (non-hydrogen) atoms. The summed E-state index contributed by atoms with van der Waals surface area (Å²) in [6, 6.07) is 3.16. The Hall–Kier alpha value is -1.29. The van der Waals surface area contributed by atoms with E-state index in [0.29, 0.717) is 22.3 Å². The monoisotopic (exact) mass is 375 g/mol. The van der Waals surface area contributed by atoms with Gasteiger partial charge in [-0.3, -0.25) is 0 Å². The summed E-state index contributed by atoms with van der Waals surface area (Å²) in [5.41, 5.74) is 1.27. The maximum absolute atomic E-state index is 12.3. The number of aryl methyl sites for hydroxylation is 1. The van der Waals surface area contributed by atoms with E-state index in [1.165, 1.54) is 12.5 Å². The van der Waals surface area contributed by atoms with Crippen molar-refractivity contribution >= 4 is 26.0 Å². The van der Waals surface area contributed by atoms with Gasteiger partial charge in [0.25, 0.3) is 0 Å². The van der Waals surface area contributed by atoms with Crippen LogP contribution in [0.25, 0.3) is 0 Å². The lowest BCUT2D eigenvalue weighted by molar-refractivity contribution is 0.281. The molecule has 0 aliphatic heterocycles. The van der Waals surface area contributed by atoms with E-state index in [4.69, 9.17) is 0 Å². The van der Waals surface area contributed by atoms with Crippen LogP contribution in [0.3, 0.4) is 0 Å². The standard InChI is InChI=1S/C12H14BrN3O4S/c1-8-4-9(6-17)5-10(12(8)13)21(18,19)15-3-2-11-14-7-20-16-11/h4-5,7,15,17H,2-3,6H2,1H3. The second-order valence-corrected chi connectivity index (χ2v) is 6.91. The van der Waals surface area contributed by atoms with E-state index < -0.39 is 10.0 Å². The molecule has 0 amide bonds. The first-order valence-electron chi connectivity index (χ1n) is 6.09. The largest absolute Gasteiger partial charge is 0.392 e. The molecule has 0 fully saturated rings. The minimum atomic E-state index is -3.69. The van der Waals surface area contributed by atoms with Crippen LogP contribution in [0.2, 0.25) is 0 Å². The first-order chi connectivity index (χ1) is 9.94. The summed E-state index contributed by atoms with van der Waals surface area (Å²) in [4.78, 5) is 3.91. The predicted octanol–water partition coefficient (Wildman–Crippen LogP) is 1.15. The van der Waals surface area contributed by atoms with Crippen molar-refractivity contribution in [2.75, 3.05) is 6.54 Å². The molecule has 9 heteroatoms. The molecule has 1 aromatic carbocycles. The van der Waals surface area contributed by atoms with Gasteiger partial charge in [-0.25, -0.2) is 13.1 Å². The normalized spacial score (nSPS) is 11.8. The number of sulfonamides is 1. The first-order valence-corrected chi connectivity index (χ1v) is 8.36. The van der Waals surface area contributed by atoms with Crippen molar-refractivity contribution in [2.45, 2.75) is 24.8 Å². The van der Waals surface area contributed by atoms with Crippen LogP contribution in [0.1, 0.15) is 17.0 Å².